The van der Waals surface area contributed by atoms with Gasteiger partial charge in [-0.05, 0) is 60.6 Å². The zero-order chi connectivity index (χ0) is 21.3. The van der Waals surface area contributed by atoms with Crippen LogP contribution >= 0.6 is 0 Å². The zero-order valence-corrected chi connectivity index (χ0v) is 16.9. The summed E-state index contributed by atoms with van der Waals surface area (Å²) < 4.78 is 38.2. The summed E-state index contributed by atoms with van der Waals surface area (Å²) in [6.45, 7) is 6.04. The molecule has 29 heavy (non-hydrogen) atoms. The lowest BCUT2D eigenvalue weighted by Crippen LogP contribution is -2.20. The molecular formula is C24H25F3O2. The Hall–Kier alpha value is -2.43. The van der Waals surface area contributed by atoms with E-state index in [1.165, 1.54) is 12.1 Å². The van der Waals surface area contributed by atoms with Crippen LogP contribution in [0.25, 0.3) is 0 Å². The maximum atomic E-state index is 13.2. The van der Waals surface area contributed by atoms with E-state index in [-0.39, 0.29) is 24.4 Å². The fourth-order valence-electron chi connectivity index (χ4n) is 4.35. The lowest BCUT2D eigenvalue weighted by molar-refractivity contribution is -0.137. The maximum Gasteiger partial charge on any atom is 0.416 e. The summed E-state index contributed by atoms with van der Waals surface area (Å²) in [7, 11) is 0. The molecule has 3 rings (SSSR count). The third-order valence-electron chi connectivity index (χ3n) is 5.77. The smallest absolute Gasteiger partial charge is 0.298 e. The molecular weight excluding hydrogens is 377 g/mol. The van der Waals surface area contributed by atoms with E-state index in [1.54, 1.807) is 0 Å². The van der Waals surface area contributed by atoms with E-state index in [1.807, 2.05) is 32.9 Å². The second kappa shape index (κ2) is 8.13. The minimum atomic E-state index is -4.39. The van der Waals surface area contributed by atoms with Gasteiger partial charge in [-0.15, -0.1) is 0 Å². The van der Waals surface area contributed by atoms with Gasteiger partial charge in [-0.25, -0.2) is 0 Å². The first-order valence-corrected chi connectivity index (χ1v) is 10.0. The number of alkyl halides is 3. The number of carbonyl (C=O) groups is 2. The number of Topliss-reactive ketones (excluding diaryl/α,β-unsaturated/α-hetero) is 2. The Morgan fingerprint density at radius 3 is 2.00 bits per heavy atom. The van der Waals surface area contributed by atoms with Gasteiger partial charge in [0.1, 0.15) is 11.7 Å². The fraction of sp³-hybridized carbons (Fsp3) is 0.417. The first-order valence-electron chi connectivity index (χ1n) is 10.0. The topological polar surface area (TPSA) is 34.1 Å². The number of hydrogen-bond acceptors (Lipinski definition) is 2. The number of hydrogen-bond donors (Lipinski definition) is 0. The van der Waals surface area contributed by atoms with Crippen molar-refractivity contribution < 1.29 is 22.8 Å². The molecule has 1 aliphatic carbocycles. The van der Waals surface area contributed by atoms with Crippen molar-refractivity contribution in [3.05, 3.63) is 69.8 Å². The van der Waals surface area contributed by atoms with Crippen LogP contribution in [0.1, 0.15) is 59.6 Å². The van der Waals surface area contributed by atoms with Crippen LogP contribution in [0.3, 0.4) is 0 Å². The molecule has 0 N–H and O–H groups in total. The van der Waals surface area contributed by atoms with Crippen LogP contribution in [0.5, 0.6) is 0 Å². The molecule has 1 saturated carbocycles. The molecule has 1 aliphatic rings. The highest BCUT2D eigenvalue weighted by Gasteiger charge is 2.43. The van der Waals surface area contributed by atoms with Gasteiger partial charge in [0, 0.05) is 12.3 Å². The van der Waals surface area contributed by atoms with E-state index in [0.29, 0.717) is 5.56 Å². The van der Waals surface area contributed by atoms with Crippen LogP contribution in [0.4, 0.5) is 13.2 Å². The summed E-state index contributed by atoms with van der Waals surface area (Å²) in [5.41, 5.74) is 3.95. The molecule has 2 unspecified atom stereocenters. The molecule has 0 amide bonds. The third-order valence-corrected chi connectivity index (χ3v) is 5.77. The first kappa shape index (κ1) is 21.3. The quantitative estimate of drug-likeness (QED) is 0.608. The predicted molar refractivity (Wildman–Crippen MR) is 106 cm³/mol. The number of carbonyl (C=O) groups excluding carboxylic acids is 2. The van der Waals surface area contributed by atoms with Gasteiger partial charge in [0.25, 0.3) is 0 Å². The van der Waals surface area contributed by atoms with Gasteiger partial charge in [0.15, 0.2) is 5.78 Å². The largest absolute Gasteiger partial charge is 0.416 e. The number of benzene rings is 2. The molecule has 2 nitrogen and oxygen atoms in total. The molecule has 154 valence electrons. The molecule has 0 heterocycles. The summed E-state index contributed by atoms with van der Waals surface area (Å²) in [5, 5.41) is 0. The summed E-state index contributed by atoms with van der Waals surface area (Å²) in [6.07, 6.45) is -2.48. The highest BCUT2D eigenvalue weighted by molar-refractivity contribution is 6.15. The average Bonchev–Trinajstić information content (AvgIpc) is 2.94. The van der Waals surface area contributed by atoms with Gasteiger partial charge in [-0.2, -0.15) is 13.2 Å². The normalized spacial score (nSPS) is 19.8. The number of halogens is 3. The molecule has 0 bridgehead atoms. The Kier molecular flexibility index (Phi) is 5.97. The monoisotopic (exact) mass is 402 g/mol. The van der Waals surface area contributed by atoms with E-state index in [2.05, 4.69) is 0 Å². The minimum absolute atomic E-state index is 0.0832. The summed E-state index contributed by atoms with van der Waals surface area (Å²) in [4.78, 5) is 26.0. The summed E-state index contributed by atoms with van der Waals surface area (Å²) in [5.74, 6) is -1.43. The molecule has 0 aromatic heterocycles. The number of ketones is 2. The van der Waals surface area contributed by atoms with Crippen LogP contribution in [-0.4, -0.2) is 11.6 Å². The zero-order valence-electron chi connectivity index (χ0n) is 16.9. The van der Waals surface area contributed by atoms with Gasteiger partial charge in [0.2, 0.25) is 0 Å². The van der Waals surface area contributed by atoms with Crippen molar-refractivity contribution >= 4 is 11.6 Å². The predicted octanol–water partition coefficient (Wildman–Crippen LogP) is 5.62. The van der Waals surface area contributed by atoms with Gasteiger partial charge in [-0.1, -0.05) is 43.7 Å². The van der Waals surface area contributed by atoms with Crippen molar-refractivity contribution in [1.82, 2.24) is 0 Å². The fourth-order valence-corrected chi connectivity index (χ4v) is 4.35. The Balaban J connectivity index is 1.88. The Morgan fingerprint density at radius 1 is 0.966 bits per heavy atom. The Labute approximate surface area is 169 Å². The van der Waals surface area contributed by atoms with Crippen LogP contribution in [0, 0.1) is 12.8 Å². The van der Waals surface area contributed by atoms with Crippen LogP contribution in [-0.2, 0) is 35.0 Å². The van der Waals surface area contributed by atoms with Gasteiger partial charge >= 0.3 is 6.18 Å². The standard InChI is InChI=1S/C24H25F3O2/c1-4-16-10-14(3)11-17(5-2)21(16)22-20(28)13-18(23(22)29)12-15-6-8-19(9-7-15)24(25,26)27/h6-11,18,22H,4-5,12-13H2,1-3H3. The molecule has 0 spiro atoms. The van der Waals surface area contributed by atoms with Crippen molar-refractivity contribution in [2.75, 3.05) is 0 Å². The van der Waals surface area contributed by atoms with Gasteiger partial charge < -0.3 is 0 Å². The Bertz CT molecular complexity index is 901. The SMILES string of the molecule is CCc1cc(C)cc(CC)c1C1C(=O)CC(Cc2ccc(C(F)(F)F)cc2)C1=O. The van der Waals surface area contributed by atoms with Gasteiger partial charge in [-0.3, -0.25) is 9.59 Å². The van der Waals surface area contributed by atoms with E-state index in [4.69, 9.17) is 0 Å². The third kappa shape index (κ3) is 4.29. The Morgan fingerprint density at radius 2 is 1.52 bits per heavy atom. The van der Waals surface area contributed by atoms with Gasteiger partial charge in [0.05, 0.1) is 5.56 Å². The van der Waals surface area contributed by atoms with Crippen LogP contribution in [0.2, 0.25) is 0 Å². The van der Waals surface area contributed by atoms with E-state index < -0.39 is 23.6 Å². The van der Waals surface area contributed by atoms with Crippen LogP contribution < -0.4 is 0 Å². The lowest BCUT2D eigenvalue weighted by Gasteiger charge is -2.19. The highest BCUT2D eigenvalue weighted by Crippen LogP contribution is 2.38. The summed E-state index contributed by atoms with van der Waals surface area (Å²) >= 11 is 0. The molecule has 0 radical (unpaired) electrons. The lowest BCUT2D eigenvalue weighted by atomic mass is 9.83. The van der Waals surface area contributed by atoms with E-state index in [9.17, 15) is 22.8 Å². The highest BCUT2D eigenvalue weighted by atomic mass is 19.4. The first-order chi connectivity index (χ1) is 13.7. The van der Waals surface area contributed by atoms with E-state index in [0.717, 1.165) is 47.2 Å². The molecule has 5 heteroatoms. The number of rotatable bonds is 5. The second-order valence-electron chi connectivity index (χ2n) is 7.81. The van der Waals surface area contributed by atoms with Crippen molar-refractivity contribution in [3.63, 3.8) is 0 Å². The number of aryl methyl sites for hydroxylation is 3. The molecule has 2 aromatic carbocycles. The van der Waals surface area contributed by atoms with Crippen molar-refractivity contribution in [3.8, 4) is 0 Å². The van der Waals surface area contributed by atoms with Crippen molar-refractivity contribution in [2.45, 2.75) is 58.5 Å². The molecule has 0 saturated heterocycles. The molecule has 2 aromatic rings. The second-order valence-corrected chi connectivity index (χ2v) is 7.81. The molecule has 0 aliphatic heterocycles. The summed E-state index contributed by atoms with van der Waals surface area (Å²) in [6, 6.07) is 8.93. The molecule has 1 fully saturated rings. The van der Waals surface area contributed by atoms with Crippen LogP contribution in [0.15, 0.2) is 36.4 Å². The maximum absolute atomic E-state index is 13.2. The van der Waals surface area contributed by atoms with Crippen molar-refractivity contribution in [2.24, 2.45) is 5.92 Å². The average molecular weight is 402 g/mol. The van der Waals surface area contributed by atoms with Crippen molar-refractivity contribution in [1.29, 1.82) is 0 Å². The minimum Gasteiger partial charge on any atom is -0.298 e. The van der Waals surface area contributed by atoms with E-state index >= 15 is 0 Å². The molecule has 2 atom stereocenters.